The molecule has 2 amide bonds. The molecule has 2 heterocycles. The molecule has 0 aliphatic carbocycles. The number of carbonyl (C=O) groups excluding carboxylic acids is 2. The van der Waals surface area contributed by atoms with Gasteiger partial charge in [-0.25, -0.2) is 8.42 Å². The molecule has 1 saturated heterocycles. The third-order valence-electron chi connectivity index (χ3n) is 6.32. The number of amides is 2. The van der Waals surface area contributed by atoms with Crippen molar-refractivity contribution in [2.75, 3.05) is 18.0 Å². The van der Waals surface area contributed by atoms with Crippen LogP contribution in [0, 0.1) is 5.92 Å². The quantitative estimate of drug-likeness (QED) is 0.584. The Labute approximate surface area is 220 Å². The standard InChI is InChI=1S/C28H38N4O4S/c1-8-37(35,36)31-17-15-21(19-31)26(34)32(23-13-11-22(12-14-23)27(2,3)4)24(20-10-9-16-29-18-20)25(33)30-28(5,6)7/h8-14,16,18,21,24H,1,15,17,19H2,2-7H3,(H,30,33)/t21-,24?/m1/s1. The molecule has 1 aliphatic rings. The summed E-state index contributed by atoms with van der Waals surface area (Å²) in [6.45, 7) is 15.6. The highest BCUT2D eigenvalue weighted by molar-refractivity contribution is 7.92. The second-order valence-electron chi connectivity index (χ2n) is 11.5. The van der Waals surface area contributed by atoms with E-state index in [1.165, 1.54) is 9.21 Å². The number of anilines is 1. The van der Waals surface area contributed by atoms with Crippen LogP contribution in [-0.4, -0.2) is 48.1 Å². The smallest absolute Gasteiger partial charge is 0.248 e. The summed E-state index contributed by atoms with van der Waals surface area (Å²) in [6, 6.07) is 10.1. The minimum atomic E-state index is -3.65. The van der Waals surface area contributed by atoms with E-state index < -0.39 is 27.5 Å². The van der Waals surface area contributed by atoms with Gasteiger partial charge in [-0.2, -0.15) is 4.31 Å². The van der Waals surface area contributed by atoms with E-state index in [0.717, 1.165) is 11.0 Å². The number of carbonyl (C=O) groups is 2. The molecule has 1 fully saturated rings. The van der Waals surface area contributed by atoms with E-state index in [-0.39, 0.29) is 30.3 Å². The SMILES string of the molecule is C=CS(=O)(=O)N1CC[C@@H](C(=O)N(c2ccc(C(C)(C)C)cc2)C(C(=O)NC(C)(C)C)c2cccnc2)C1. The summed E-state index contributed by atoms with van der Waals surface area (Å²) in [4.78, 5) is 33.6. The summed E-state index contributed by atoms with van der Waals surface area (Å²) in [7, 11) is -3.65. The van der Waals surface area contributed by atoms with Gasteiger partial charge >= 0.3 is 0 Å². The van der Waals surface area contributed by atoms with Crippen LogP contribution < -0.4 is 10.2 Å². The second-order valence-corrected chi connectivity index (χ2v) is 13.4. The van der Waals surface area contributed by atoms with Crippen molar-refractivity contribution in [2.24, 2.45) is 5.92 Å². The molecular weight excluding hydrogens is 488 g/mol. The van der Waals surface area contributed by atoms with Crippen LogP contribution in [0.3, 0.4) is 0 Å². The van der Waals surface area contributed by atoms with Crippen LogP contribution in [0.15, 0.2) is 60.8 Å². The molecule has 8 nitrogen and oxygen atoms in total. The molecule has 37 heavy (non-hydrogen) atoms. The molecule has 2 atom stereocenters. The number of nitrogens with zero attached hydrogens (tertiary/aromatic N) is 3. The molecule has 1 aromatic carbocycles. The Balaban J connectivity index is 2.12. The number of aromatic nitrogens is 1. The van der Waals surface area contributed by atoms with Crippen molar-refractivity contribution >= 4 is 27.5 Å². The van der Waals surface area contributed by atoms with E-state index in [0.29, 0.717) is 17.7 Å². The van der Waals surface area contributed by atoms with E-state index in [2.05, 4.69) is 37.7 Å². The lowest BCUT2D eigenvalue weighted by atomic mass is 9.87. The number of hydrogen-bond acceptors (Lipinski definition) is 5. The summed E-state index contributed by atoms with van der Waals surface area (Å²) in [5.74, 6) is -1.27. The van der Waals surface area contributed by atoms with Crippen LogP contribution >= 0.6 is 0 Å². The summed E-state index contributed by atoms with van der Waals surface area (Å²) < 4.78 is 26.0. The first-order chi connectivity index (χ1) is 17.1. The Morgan fingerprint density at radius 2 is 1.78 bits per heavy atom. The number of hydrogen-bond donors (Lipinski definition) is 1. The number of nitrogens with one attached hydrogen (secondary N) is 1. The highest BCUT2D eigenvalue weighted by Crippen LogP contribution is 2.34. The van der Waals surface area contributed by atoms with Crippen LogP contribution in [0.4, 0.5) is 5.69 Å². The van der Waals surface area contributed by atoms with E-state index in [4.69, 9.17) is 0 Å². The highest BCUT2D eigenvalue weighted by atomic mass is 32.2. The minimum Gasteiger partial charge on any atom is -0.349 e. The zero-order valence-corrected chi connectivity index (χ0v) is 23.4. The molecular formula is C28H38N4O4S. The van der Waals surface area contributed by atoms with Crippen LogP contribution in [0.5, 0.6) is 0 Å². The number of rotatable bonds is 7. The molecule has 0 saturated carbocycles. The van der Waals surface area contributed by atoms with Gasteiger partial charge in [-0.15, -0.1) is 0 Å². The molecule has 1 aromatic heterocycles. The Kier molecular flexibility index (Phi) is 8.29. The first-order valence-electron chi connectivity index (χ1n) is 12.4. The van der Waals surface area contributed by atoms with E-state index >= 15 is 0 Å². The average molecular weight is 527 g/mol. The second kappa shape index (κ2) is 10.8. The van der Waals surface area contributed by atoms with Crippen LogP contribution in [0.25, 0.3) is 0 Å². The number of benzene rings is 1. The van der Waals surface area contributed by atoms with Gasteiger partial charge in [-0.05, 0) is 56.4 Å². The third-order valence-corrected chi connectivity index (χ3v) is 7.80. The Bertz CT molecular complexity index is 1230. The molecule has 0 radical (unpaired) electrons. The van der Waals surface area contributed by atoms with Crippen molar-refractivity contribution in [3.63, 3.8) is 0 Å². The van der Waals surface area contributed by atoms with Gasteiger partial charge in [0.15, 0.2) is 0 Å². The Hall–Kier alpha value is -3.04. The van der Waals surface area contributed by atoms with Gasteiger partial charge in [0.25, 0.3) is 0 Å². The van der Waals surface area contributed by atoms with Gasteiger partial charge in [0, 0.05) is 47.7 Å². The zero-order chi connectivity index (χ0) is 27.6. The maximum Gasteiger partial charge on any atom is 0.248 e. The molecule has 1 N–H and O–H groups in total. The van der Waals surface area contributed by atoms with Crippen LogP contribution in [-0.2, 0) is 25.0 Å². The van der Waals surface area contributed by atoms with Gasteiger partial charge in [0.2, 0.25) is 21.8 Å². The minimum absolute atomic E-state index is 0.0322. The van der Waals surface area contributed by atoms with Gasteiger partial charge < -0.3 is 5.32 Å². The average Bonchev–Trinajstić information content (AvgIpc) is 3.32. The molecule has 0 bridgehead atoms. The molecule has 9 heteroatoms. The fourth-order valence-electron chi connectivity index (χ4n) is 4.38. The zero-order valence-electron chi connectivity index (χ0n) is 22.6. The normalized spacial score (nSPS) is 17.7. The molecule has 2 aromatic rings. The van der Waals surface area contributed by atoms with Crippen molar-refractivity contribution in [2.45, 2.75) is 65.0 Å². The fraction of sp³-hybridized carbons (Fsp3) is 0.464. The summed E-state index contributed by atoms with van der Waals surface area (Å²) in [6.07, 6.45) is 3.55. The molecule has 1 unspecified atom stereocenters. The maximum atomic E-state index is 14.2. The van der Waals surface area contributed by atoms with Crippen LogP contribution in [0.2, 0.25) is 0 Å². The lowest BCUT2D eigenvalue weighted by Crippen LogP contribution is -2.51. The lowest BCUT2D eigenvalue weighted by molar-refractivity contribution is -0.129. The monoisotopic (exact) mass is 526 g/mol. The van der Waals surface area contributed by atoms with Gasteiger partial charge in [-0.1, -0.05) is 45.5 Å². The third kappa shape index (κ3) is 6.84. The van der Waals surface area contributed by atoms with E-state index in [9.17, 15) is 18.0 Å². The van der Waals surface area contributed by atoms with Gasteiger partial charge in [0.05, 0.1) is 5.92 Å². The molecule has 1 aliphatic heterocycles. The molecule has 3 rings (SSSR count). The molecule has 0 spiro atoms. The van der Waals surface area contributed by atoms with Crippen molar-refractivity contribution in [1.29, 1.82) is 0 Å². The molecule has 200 valence electrons. The summed E-state index contributed by atoms with van der Waals surface area (Å²) >= 11 is 0. The van der Waals surface area contributed by atoms with Gasteiger partial charge in [-0.3, -0.25) is 19.5 Å². The maximum absolute atomic E-state index is 14.2. The predicted molar refractivity (Wildman–Crippen MR) is 146 cm³/mol. The van der Waals surface area contributed by atoms with Crippen molar-refractivity contribution in [3.8, 4) is 0 Å². The van der Waals surface area contributed by atoms with Crippen molar-refractivity contribution in [1.82, 2.24) is 14.6 Å². The lowest BCUT2D eigenvalue weighted by Gasteiger charge is -2.35. The summed E-state index contributed by atoms with van der Waals surface area (Å²) in [5.41, 5.74) is 1.58. The number of pyridine rings is 1. The number of sulfonamides is 1. The predicted octanol–water partition coefficient (Wildman–Crippen LogP) is 4.16. The topological polar surface area (TPSA) is 99.7 Å². The largest absolute Gasteiger partial charge is 0.349 e. The first-order valence-corrected chi connectivity index (χ1v) is 13.9. The Morgan fingerprint density at radius 1 is 1.14 bits per heavy atom. The van der Waals surface area contributed by atoms with Gasteiger partial charge in [0.1, 0.15) is 6.04 Å². The van der Waals surface area contributed by atoms with Crippen LogP contribution in [0.1, 0.15) is 65.1 Å². The summed E-state index contributed by atoms with van der Waals surface area (Å²) in [5, 5.41) is 3.91. The highest BCUT2D eigenvalue weighted by Gasteiger charge is 2.41. The fourth-order valence-corrected chi connectivity index (χ4v) is 5.34. The van der Waals surface area contributed by atoms with Crippen molar-refractivity contribution < 1.29 is 18.0 Å². The van der Waals surface area contributed by atoms with Crippen molar-refractivity contribution in [3.05, 3.63) is 71.9 Å². The van der Waals surface area contributed by atoms with E-state index in [1.54, 1.807) is 24.5 Å². The Morgan fingerprint density at radius 3 is 2.30 bits per heavy atom. The van der Waals surface area contributed by atoms with E-state index in [1.807, 2.05) is 45.0 Å². The first kappa shape index (κ1) is 28.5.